The van der Waals surface area contributed by atoms with E-state index in [1.165, 1.54) is 7.11 Å². The number of nitrogens with zero attached hydrogens (tertiary/aromatic N) is 2. The van der Waals surface area contributed by atoms with Crippen LogP contribution in [0.2, 0.25) is 0 Å². The number of aryl methyl sites for hydroxylation is 1. The Balaban J connectivity index is 1.43. The van der Waals surface area contributed by atoms with Crippen LogP contribution in [0.15, 0.2) is 6.07 Å². The van der Waals surface area contributed by atoms with Gasteiger partial charge in [0.15, 0.2) is 23.0 Å². The van der Waals surface area contributed by atoms with Crippen molar-refractivity contribution >= 4 is 12.0 Å². The summed E-state index contributed by atoms with van der Waals surface area (Å²) in [5.41, 5.74) is 3.30. The SMILES string of the molecule is COc1c(C)cc2c(c1O)[C@@H]1C3Cc4c(O)c(C)c(OC)c(O)c4[C@H](CNC(=O)[C@H](C)NC(=O)OC(C)(C)C)N3[C@@H](C)[C@@H]3C[C@@]2(C)N13. The Morgan fingerprint density at radius 1 is 1.04 bits per heavy atom. The second-order valence-corrected chi connectivity index (χ2v) is 14.8. The number of phenolic OH excluding ortho intramolecular Hbond substituents is 3. The molecule has 1 unspecified atom stereocenters. The molecule has 0 aliphatic carbocycles. The fourth-order valence-electron chi connectivity index (χ4n) is 8.93. The van der Waals surface area contributed by atoms with E-state index >= 15 is 0 Å². The molecule has 12 heteroatoms. The fraction of sp³-hybridized carbons (Fsp3) is 0.600. The third-order valence-electron chi connectivity index (χ3n) is 10.9. The second kappa shape index (κ2) is 11.1. The molecule has 4 aliphatic rings. The molecule has 6 rings (SSSR count). The third-order valence-corrected chi connectivity index (χ3v) is 10.9. The first-order valence-electron chi connectivity index (χ1n) is 16.3. The van der Waals surface area contributed by atoms with Crippen LogP contribution >= 0.6 is 0 Å². The van der Waals surface area contributed by atoms with Gasteiger partial charge in [-0.25, -0.2) is 4.79 Å². The van der Waals surface area contributed by atoms with E-state index in [0.717, 1.165) is 23.1 Å². The van der Waals surface area contributed by atoms with E-state index in [4.69, 9.17) is 14.2 Å². The second-order valence-electron chi connectivity index (χ2n) is 14.8. The summed E-state index contributed by atoms with van der Waals surface area (Å²) in [6, 6.07) is 0.329. The van der Waals surface area contributed by atoms with Crippen LogP contribution in [0.4, 0.5) is 4.79 Å². The number of methoxy groups -OCH3 is 2. The first kappa shape index (κ1) is 33.0. The Kier molecular flexibility index (Phi) is 7.79. The van der Waals surface area contributed by atoms with Crippen molar-refractivity contribution in [2.45, 2.75) is 116 Å². The van der Waals surface area contributed by atoms with Crippen molar-refractivity contribution in [3.63, 3.8) is 0 Å². The molecule has 256 valence electrons. The van der Waals surface area contributed by atoms with Crippen LogP contribution in [0.5, 0.6) is 28.7 Å². The van der Waals surface area contributed by atoms with Crippen molar-refractivity contribution in [1.82, 2.24) is 20.4 Å². The van der Waals surface area contributed by atoms with E-state index in [9.17, 15) is 24.9 Å². The van der Waals surface area contributed by atoms with Crippen molar-refractivity contribution in [2.75, 3.05) is 20.8 Å². The summed E-state index contributed by atoms with van der Waals surface area (Å²) in [6.07, 6.45) is 0.557. The number of carbonyl (C=O) groups excluding carboxylic acids is 2. The molecule has 0 bridgehead atoms. The van der Waals surface area contributed by atoms with Gasteiger partial charge in [0.2, 0.25) is 5.91 Å². The lowest BCUT2D eigenvalue weighted by Crippen LogP contribution is -2.74. The summed E-state index contributed by atoms with van der Waals surface area (Å²) in [4.78, 5) is 30.6. The van der Waals surface area contributed by atoms with Crippen LogP contribution in [0.1, 0.15) is 93.4 Å². The Bertz CT molecular complexity index is 1650. The highest BCUT2D eigenvalue weighted by Crippen LogP contribution is 2.67. The molecule has 2 aromatic carbocycles. The molecular formula is C35H48N4O8. The number of benzene rings is 2. The number of rotatable bonds is 6. The van der Waals surface area contributed by atoms with Crippen molar-refractivity contribution in [3.8, 4) is 28.7 Å². The lowest BCUT2D eigenvalue weighted by molar-refractivity contribution is -0.187. The molecule has 4 heterocycles. The zero-order valence-corrected chi connectivity index (χ0v) is 28.9. The van der Waals surface area contributed by atoms with Crippen LogP contribution in [0, 0.1) is 13.8 Å². The number of amides is 2. The monoisotopic (exact) mass is 652 g/mol. The van der Waals surface area contributed by atoms with Crippen molar-refractivity contribution < 1.29 is 39.1 Å². The van der Waals surface area contributed by atoms with Gasteiger partial charge in [0.05, 0.1) is 26.3 Å². The number of alkyl carbamates (subject to hydrolysis) is 1. The maximum Gasteiger partial charge on any atom is 0.408 e. The molecule has 5 N–H and O–H groups in total. The molecule has 47 heavy (non-hydrogen) atoms. The summed E-state index contributed by atoms with van der Waals surface area (Å²) in [5, 5.41) is 40.6. The zero-order valence-electron chi connectivity index (χ0n) is 28.9. The number of hydrogen-bond acceptors (Lipinski definition) is 10. The first-order valence-corrected chi connectivity index (χ1v) is 16.3. The Morgan fingerprint density at radius 3 is 2.30 bits per heavy atom. The van der Waals surface area contributed by atoms with Gasteiger partial charge in [-0.2, -0.15) is 0 Å². The summed E-state index contributed by atoms with van der Waals surface area (Å²) >= 11 is 0. The van der Waals surface area contributed by atoms with Crippen LogP contribution < -0.4 is 20.1 Å². The summed E-state index contributed by atoms with van der Waals surface area (Å²) in [7, 11) is 3.01. The maximum atomic E-state index is 13.4. The van der Waals surface area contributed by atoms with Gasteiger partial charge in [0.1, 0.15) is 17.4 Å². The number of nitrogens with one attached hydrogen (secondary N) is 2. The van der Waals surface area contributed by atoms with Crippen molar-refractivity contribution in [3.05, 3.63) is 39.4 Å². The van der Waals surface area contributed by atoms with Crippen LogP contribution in [0.3, 0.4) is 0 Å². The Hall–Kier alpha value is -3.90. The number of aromatic hydroxyl groups is 3. The van der Waals surface area contributed by atoms with Gasteiger partial charge in [-0.15, -0.1) is 0 Å². The average molecular weight is 653 g/mol. The van der Waals surface area contributed by atoms with Crippen LogP contribution in [-0.2, 0) is 21.5 Å². The van der Waals surface area contributed by atoms with E-state index in [0.29, 0.717) is 28.9 Å². The maximum absolute atomic E-state index is 13.4. The molecule has 0 saturated carbocycles. The van der Waals surface area contributed by atoms with E-state index in [1.807, 2.05) is 6.92 Å². The van der Waals surface area contributed by atoms with Gasteiger partial charge in [-0.05, 0) is 85.4 Å². The standard InChI is InChI=1S/C35H48N4O8/c1-15-11-20-25(29(42)30(15)45-9)26-21-12-19-24(28(41)31(46-10)16(2)27(19)40)23(38(21)18(4)22-13-35(20,8)39(22)26)14-36-32(43)17(3)37-33(44)47-34(5,6)7/h11,17-18,21-23,26,40-42H,12-14H2,1-10H3,(H,36,43)(H,37,44)/t17-,18-,21?,22-,23-,26-,35+/m0/s1. The summed E-state index contributed by atoms with van der Waals surface area (Å²) in [5.74, 6) is 0.304. The van der Waals surface area contributed by atoms with E-state index in [-0.39, 0.29) is 59.2 Å². The minimum Gasteiger partial charge on any atom is -0.507 e. The van der Waals surface area contributed by atoms with Gasteiger partial charge >= 0.3 is 6.09 Å². The lowest BCUT2D eigenvalue weighted by Gasteiger charge is -2.66. The molecule has 0 spiro atoms. The van der Waals surface area contributed by atoms with Gasteiger partial charge in [-0.1, -0.05) is 0 Å². The normalized spacial score (nSPS) is 28.2. The first-order chi connectivity index (χ1) is 22.0. The average Bonchev–Trinajstić information content (AvgIpc) is 3.18. The fourth-order valence-corrected chi connectivity index (χ4v) is 8.93. The predicted molar refractivity (Wildman–Crippen MR) is 174 cm³/mol. The number of phenols is 3. The molecule has 2 saturated heterocycles. The van der Waals surface area contributed by atoms with Gasteiger partial charge in [0, 0.05) is 52.5 Å². The highest BCUT2D eigenvalue weighted by atomic mass is 16.6. The number of fused-ring (bicyclic) bond motifs is 6. The topological polar surface area (TPSA) is 153 Å². The minimum atomic E-state index is -0.894. The molecule has 4 aliphatic heterocycles. The number of carbonyl (C=O) groups is 2. The third kappa shape index (κ3) is 4.77. The largest absolute Gasteiger partial charge is 0.507 e. The summed E-state index contributed by atoms with van der Waals surface area (Å²) in [6.45, 7) is 14.9. The van der Waals surface area contributed by atoms with E-state index in [2.05, 4.69) is 40.3 Å². The lowest BCUT2D eigenvalue weighted by atomic mass is 9.70. The highest BCUT2D eigenvalue weighted by molar-refractivity contribution is 5.85. The Morgan fingerprint density at radius 2 is 1.68 bits per heavy atom. The molecule has 0 aromatic heterocycles. The van der Waals surface area contributed by atoms with Crippen LogP contribution in [0.25, 0.3) is 0 Å². The minimum absolute atomic E-state index is 0.00928. The van der Waals surface area contributed by atoms with Crippen molar-refractivity contribution in [2.24, 2.45) is 0 Å². The molecule has 2 aromatic rings. The predicted octanol–water partition coefficient (Wildman–Crippen LogP) is 4.18. The van der Waals surface area contributed by atoms with Gasteiger partial charge in [0.25, 0.3) is 0 Å². The molecule has 0 radical (unpaired) electrons. The molecule has 2 fully saturated rings. The van der Waals surface area contributed by atoms with E-state index in [1.54, 1.807) is 41.7 Å². The zero-order chi connectivity index (χ0) is 34.5. The molecule has 12 nitrogen and oxygen atoms in total. The van der Waals surface area contributed by atoms with Gasteiger partial charge < -0.3 is 40.2 Å². The highest BCUT2D eigenvalue weighted by Gasteiger charge is 2.67. The Labute approximate surface area is 276 Å². The van der Waals surface area contributed by atoms with Crippen molar-refractivity contribution in [1.29, 1.82) is 0 Å². The quantitative estimate of drug-likeness (QED) is 0.287. The molecule has 7 atom stereocenters. The van der Waals surface area contributed by atoms with E-state index < -0.39 is 29.7 Å². The van der Waals surface area contributed by atoms with Gasteiger partial charge in [-0.3, -0.25) is 14.6 Å². The molecular weight excluding hydrogens is 604 g/mol. The smallest absolute Gasteiger partial charge is 0.408 e. The number of hydrogen-bond donors (Lipinski definition) is 5. The molecule has 2 amide bonds. The number of piperazine rings is 1. The number of ether oxygens (including phenoxy) is 3. The summed E-state index contributed by atoms with van der Waals surface area (Å²) < 4.78 is 16.5. The van der Waals surface area contributed by atoms with Crippen LogP contribution in [-0.4, -0.2) is 87.7 Å².